The number of guanidine groups is 1. The van der Waals surface area contributed by atoms with Gasteiger partial charge in [-0.2, -0.15) is 5.26 Å². The molecule has 2 N–H and O–H groups in total. The Morgan fingerprint density at radius 3 is 2.42 bits per heavy atom. The van der Waals surface area contributed by atoms with Crippen molar-refractivity contribution in [2.75, 3.05) is 39.4 Å². The van der Waals surface area contributed by atoms with E-state index in [0.717, 1.165) is 36.7 Å². The molecule has 1 atom stereocenters. The lowest BCUT2D eigenvalue weighted by molar-refractivity contribution is 0.0170. The van der Waals surface area contributed by atoms with Gasteiger partial charge in [0.15, 0.2) is 5.96 Å². The highest BCUT2D eigenvalue weighted by Gasteiger charge is 2.23. The Balaban J connectivity index is 0.00000341. The van der Waals surface area contributed by atoms with E-state index in [1.165, 1.54) is 12.1 Å². The molecule has 2 aromatic carbocycles. The predicted octanol–water partition coefficient (Wildman–Crippen LogP) is 3.44. The van der Waals surface area contributed by atoms with Crippen LogP contribution in [0.25, 0.3) is 0 Å². The standard InChI is InChI=1S/C23H28FN5O.HI/c1-2-26-23(27-16-19-5-3-18(15-25)4-6-19)28-17-22(29-11-13-30-14-12-29)20-7-9-21(24)10-8-20;/h3-10,22H,2,11-14,16-17H2,1H3,(H2,26,27,28);1H. The minimum Gasteiger partial charge on any atom is -0.379 e. The third-order valence-electron chi connectivity index (χ3n) is 5.05. The SMILES string of the molecule is CCNC(=NCc1ccc(C#N)cc1)NCC(c1ccc(F)cc1)N1CCOCC1.I. The van der Waals surface area contributed by atoms with Gasteiger partial charge in [0.05, 0.1) is 37.4 Å². The lowest BCUT2D eigenvalue weighted by Crippen LogP contribution is -2.46. The highest BCUT2D eigenvalue weighted by molar-refractivity contribution is 14.0. The number of rotatable bonds is 7. The van der Waals surface area contributed by atoms with E-state index >= 15 is 0 Å². The zero-order valence-electron chi connectivity index (χ0n) is 17.7. The Morgan fingerprint density at radius 2 is 1.81 bits per heavy atom. The quantitative estimate of drug-likeness (QED) is 0.322. The molecule has 0 radical (unpaired) electrons. The molecular formula is C23H29FIN5O. The van der Waals surface area contributed by atoms with E-state index in [-0.39, 0.29) is 35.8 Å². The van der Waals surface area contributed by atoms with E-state index in [4.69, 9.17) is 10.00 Å². The molecule has 166 valence electrons. The summed E-state index contributed by atoms with van der Waals surface area (Å²) in [6.45, 7) is 7.00. The van der Waals surface area contributed by atoms with Gasteiger partial charge < -0.3 is 15.4 Å². The molecule has 3 rings (SSSR count). The summed E-state index contributed by atoms with van der Waals surface area (Å²) in [4.78, 5) is 7.03. The van der Waals surface area contributed by atoms with Crippen LogP contribution in [0.4, 0.5) is 4.39 Å². The molecule has 1 fully saturated rings. The van der Waals surface area contributed by atoms with Crippen LogP contribution in [0.2, 0.25) is 0 Å². The van der Waals surface area contributed by atoms with Gasteiger partial charge in [0.1, 0.15) is 5.82 Å². The predicted molar refractivity (Wildman–Crippen MR) is 131 cm³/mol. The number of nitrogens with one attached hydrogen (secondary N) is 2. The first-order valence-corrected chi connectivity index (χ1v) is 10.3. The highest BCUT2D eigenvalue weighted by Crippen LogP contribution is 2.21. The molecule has 6 nitrogen and oxygen atoms in total. The van der Waals surface area contributed by atoms with Crippen LogP contribution < -0.4 is 10.6 Å². The van der Waals surface area contributed by atoms with E-state index in [2.05, 4.69) is 26.6 Å². The molecule has 31 heavy (non-hydrogen) atoms. The maximum Gasteiger partial charge on any atom is 0.191 e. The molecule has 1 heterocycles. The lowest BCUT2D eigenvalue weighted by Gasteiger charge is -2.35. The van der Waals surface area contributed by atoms with Crippen molar-refractivity contribution in [2.24, 2.45) is 4.99 Å². The largest absolute Gasteiger partial charge is 0.379 e. The van der Waals surface area contributed by atoms with Crippen LogP contribution in [-0.2, 0) is 11.3 Å². The summed E-state index contributed by atoms with van der Waals surface area (Å²) >= 11 is 0. The summed E-state index contributed by atoms with van der Waals surface area (Å²) in [5.41, 5.74) is 2.74. The summed E-state index contributed by atoms with van der Waals surface area (Å²) in [6.07, 6.45) is 0. The van der Waals surface area contributed by atoms with Gasteiger partial charge in [-0.15, -0.1) is 24.0 Å². The zero-order chi connectivity index (χ0) is 21.2. The molecular weight excluding hydrogens is 508 g/mol. The smallest absolute Gasteiger partial charge is 0.191 e. The summed E-state index contributed by atoms with van der Waals surface area (Å²) in [5, 5.41) is 15.6. The number of halogens is 2. The maximum absolute atomic E-state index is 13.4. The summed E-state index contributed by atoms with van der Waals surface area (Å²) in [6, 6.07) is 16.4. The summed E-state index contributed by atoms with van der Waals surface area (Å²) in [5.74, 6) is 0.493. The van der Waals surface area contributed by atoms with Gasteiger partial charge in [-0.05, 0) is 42.3 Å². The second kappa shape index (κ2) is 13.2. The third kappa shape index (κ3) is 7.76. The van der Waals surface area contributed by atoms with Crippen LogP contribution in [0.5, 0.6) is 0 Å². The van der Waals surface area contributed by atoms with Crippen molar-refractivity contribution in [1.29, 1.82) is 5.26 Å². The fourth-order valence-corrected chi connectivity index (χ4v) is 3.42. The Bertz CT molecular complexity index is 861. The van der Waals surface area contributed by atoms with Crippen molar-refractivity contribution < 1.29 is 9.13 Å². The number of ether oxygens (including phenoxy) is 1. The molecule has 1 aliphatic heterocycles. The maximum atomic E-state index is 13.4. The number of morpholine rings is 1. The number of hydrogen-bond acceptors (Lipinski definition) is 4. The van der Waals surface area contributed by atoms with E-state index < -0.39 is 0 Å². The number of nitriles is 1. The van der Waals surface area contributed by atoms with Gasteiger partial charge in [-0.1, -0.05) is 24.3 Å². The van der Waals surface area contributed by atoms with Crippen LogP contribution in [0.1, 0.15) is 29.7 Å². The first-order valence-electron chi connectivity index (χ1n) is 10.3. The molecule has 8 heteroatoms. The molecule has 0 saturated carbocycles. The van der Waals surface area contributed by atoms with Gasteiger partial charge in [0.25, 0.3) is 0 Å². The molecule has 0 bridgehead atoms. The fraction of sp³-hybridized carbons (Fsp3) is 0.391. The number of aliphatic imine (C=N–C) groups is 1. The van der Waals surface area contributed by atoms with Gasteiger partial charge in [0, 0.05) is 26.2 Å². The van der Waals surface area contributed by atoms with Gasteiger partial charge in [-0.25, -0.2) is 9.38 Å². The Labute approximate surface area is 200 Å². The minimum absolute atomic E-state index is 0. The molecule has 0 aromatic heterocycles. The highest BCUT2D eigenvalue weighted by atomic mass is 127. The van der Waals surface area contributed by atoms with Crippen LogP contribution in [-0.4, -0.2) is 50.3 Å². The van der Waals surface area contributed by atoms with E-state index in [1.807, 2.05) is 31.2 Å². The van der Waals surface area contributed by atoms with E-state index in [1.54, 1.807) is 12.1 Å². The molecule has 1 unspecified atom stereocenters. The average molecular weight is 537 g/mol. The van der Waals surface area contributed by atoms with Crippen LogP contribution in [0.3, 0.4) is 0 Å². The van der Waals surface area contributed by atoms with Crippen molar-refractivity contribution in [3.05, 3.63) is 71.0 Å². The van der Waals surface area contributed by atoms with Gasteiger partial charge in [0.2, 0.25) is 0 Å². The second-order valence-electron chi connectivity index (χ2n) is 7.10. The second-order valence-corrected chi connectivity index (χ2v) is 7.10. The monoisotopic (exact) mass is 537 g/mol. The van der Waals surface area contributed by atoms with E-state index in [9.17, 15) is 4.39 Å². The van der Waals surface area contributed by atoms with Crippen molar-refractivity contribution in [3.8, 4) is 6.07 Å². The molecule has 1 saturated heterocycles. The van der Waals surface area contributed by atoms with Crippen molar-refractivity contribution in [2.45, 2.75) is 19.5 Å². The van der Waals surface area contributed by atoms with Crippen molar-refractivity contribution in [3.63, 3.8) is 0 Å². The van der Waals surface area contributed by atoms with E-state index in [0.29, 0.717) is 31.9 Å². The Morgan fingerprint density at radius 1 is 1.13 bits per heavy atom. The lowest BCUT2D eigenvalue weighted by atomic mass is 10.0. The summed E-state index contributed by atoms with van der Waals surface area (Å²) in [7, 11) is 0. The molecule has 1 aliphatic rings. The third-order valence-corrected chi connectivity index (χ3v) is 5.05. The Hall–Kier alpha value is -2.22. The van der Waals surface area contributed by atoms with Crippen molar-refractivity contribution >= 4 is 29.9 Å². The average Bonchev–Trinajstić information content (AvgIpc) is 2.79. The number of hydrogen-bond donors (Lipinski definition) is 2. The number of benzene rings is 2. The topological polar surface area (TPSA) is 72.7 Å². The van der Waals surface area contributed by atoms with Crippen LogP contribution in [0.15, 0.2) is 53.5 Å². The number of nitrogens with zero attached hydrogens (tertiary/aromatic N) is 3. The molecule has 2 aromatic rings. The molecule has 0 spiro atoms. The van der Waals surface area contributed by atoms with Gasteiger partial charge in [-0.3, -0.25) is 4.90 Å². The Kier molecular flexibility index (Phi) is 10.7. The first-order chi connectivity index (χ1) is 14.7. The first kappa shape index (κ1) is 25.0. The fourth-order valence-electron chi connectivity index (χ4n) is 3.42. The molecule has 0 amide bonds. The molecule has 0 aliphatic carbocycles. The van der Waals surface area contributed by atoms with Crippen LogP contribution in [0, 0.1) is 17.1 Å². The van der Waals surface area contributed by atoms with Gasteiger partial charge >= 0.3 is 0 Å². The summed E-state index contributed by atoms with van der Waals surface area (Å²) < 4.78 is 18.9. The normalized spacial score (nSPS) is 15.5. The van der Waals surface area contributed by atoms with Crippen LogP contribution >= 0.6 is 24.0 Å². The van der Waals surface area contributed by atoms with Crippen molar-refractivity contribution in [1.82, 2.24) is 15.5 Å². The minimum atomic E-state index is -0.232. The zero-order valence-corrected chi connectivity index (χ0v) is 20.0.